The van der Waals surface area contributed by atoms with Crippen molar-refractivity contribution in [3.63, 3.8) is 0 Å². The van der Waals surface area contributed by atoms with Gasteiger partial charge < -0.3 is 10.1 Å². The van der Waals surface area contributed by atoms with Gasteiger partial charge in [0, 0.05) is 18.0 Å². The first-order valence-corrected chi connectivity index (χ1v) is 5.44. The highest BCUT2D eigenvalue weighted by molar-refractivity contribution is 6.20. The monoisotopic (exact) mass is 229 g/mol. The van der Waals surface area contributed by atoms with Crippen molar-refractivity contribution in [2.45, 2.75) is 25.1 Å². The lowest BCUT2D eigenvalue weighted by molar-refractivity contribution is 0.397. The second kappa shape index (κ2) is 6.45. The molecule has 0 radical (unpaired) electrons. The number of hydrogen-bond acceptors (Lipinski definition) is 4. The van der Waals surface area contributed by atoms with Gasteiger partial charge in [0.15, 0.2) is 0 Å². The van der Waals surface area contributed by atoms with E-state index in [2.05, 4.69) is 22.2 Å². The molecule has 1 aromatic heterocycles. The van der Waals surface area contributed by atoms with Crippen LogP contribution in [-0.4, -0.2) is 29.0 Å². The normalized spacial score (nSPS) is 12.2. The smallest absolute Gasteiger partial charge is 0.218 e. The number of methoxy groups -OCH3 is 1. The van der Waals surface area contributed by atoms with E-state index in [1.807, 2.05) is 0 Å². The highest BCUT2D eigenvalue weighted by atomic mass is 35.5. The van der Waals surface area contributed by atoms with Crippen LogP contribution in [0.1, 0.15) is 19.8 Å². The van der Waals surface area contributed by atoms with Crippen LogP contribution in [0.3, 0.4) is 0 Å². The van der Waals surface area contributed by atoms with Crippen molar-refractivity contribution >= 4 is 17.4 Å². The molecule has 5 heteroatoms. The first-order valence-electron chi connectivity index (χ1n) is 5.00. The Balaban J connectivity index is 2.37. The number of ether oxygens (including phenoxy) is 1. The van der Waals surface area contributed by atoms with E-state index < -0.39 is 0 Å². The number of halogens is 1. The fourth-order valence-corrected chi connectivity index (χ4v) is 1.22. The molecule has 1 unspecified atom stereocenters. The number of hydrogen-bond donors (Lipinski definition) is 1. The molecule has 4 nitrogen and oxygen atoms in total. The molecule has 1 rings (SSSR count). The SMILES string of the molecule is CCC(Cl)CCNc1cc(OC)ncn1. The molecular weight excluding hydrogens is 214 g/mol. The number of rotatable bonds is 6. The van der Waals surface area contributed by atoms with E-state index in [4.69, 9.17) is 16.3 Å². The van der Waals surface area contributed by atoms with Crippen molar-refractivity contribution < 1.29 is 4.74 Å². The molecule has 0 aliphatic heterocycles. The van der Waals surface area contributed by atoms with Crippen molar-refractivity contribution in [2.75, 3.05) is 19.0 Å². The Labute approximate surface area is 95.0 Å². The average molecular weight is 230 g/mol. The Bertz CT molecular complexity index is 296. The molecule has 0 bridgehead atoms. The molecule has 0 saturated carbocycles. The molecule has 1 N–H and O–H groups in total. The Hall–Kier alpha value is -1.03. The van der Waals surface area contributed by atoms with Gasteiger partial charge in [0.05, 0.1) is 7.11 Å². The molecule has 0 amide bonds. The lowest BCUT2D eigenvalue weighted by Gasteiger charge is -2.08. The van der Waals surface area contributed by atoms with E-state index in [-0.39, 0.29) is 5.38 Å². The van der Waals surface area contributed by atoms with Crippen LogP contribution in [0.25, 0.3) is 0 Å². The Morgan fingerprint density at radius 1 is 1.53 bits per heavy atom. The molecule has 1 aromatic rings. The minimum atomic E-state index is 0.223. The third-order valence-corrected chi connectivity index (χ3v) is 2.58. The molecule has 0 aromatic carbocycles. The van der Waals surface area contributed by atoms with Gasteiger partial charge in [0.2, 0.25) is 5.88 Å². The zero-order valence-electron chi connectivity index (χ0n) is 9.03. The maximum atomic E-state index is 5.99. The summed E-state index contributed by atoms with van der Waals surface area (Å²) in [5, 5.41) is 3.39. The Kier molecular flexibility index (Phi) is 5.18. The highest BCUT2D eigenvalue weighted by Crippen LogP contribution is 2.11. The Morgan fingerprint density at radius 2 is 2.33 bits per heavy atom. The van der Waals surface area contributed by atoms with E-state index in [0.29, 0.717) is 5.88 Å². The quantitative estimate of drug-likeness (QED) is 0.761. The van der Waals surface area contributed by atoms with Gasteiger partial charge in [-0.1, -0.05) is 6.92 Å². The molecule has 0 fully saturated rings. The first-order chi connectivity index (χ1) is 7.26. The standard InChI is InChI=1S/C10H16ClN3O/c1-3-8(11)4-5-12-9-6-10(15-2)14-7-13-9/h6-8H,3-5H2,1-2H3,(H,12,13,14). The minimum absolute atomic E-state index is 0.223. The molecule has 0 spiro atoms. The molecule has 15 heavy (non-hydrogen) atoms. The number of nitrogens with zero attached hydrogens (tertiary/aromatic N) is 2. The van der Waals surface area contributed by atoms with Crippen molar-refractivity contribution in [2.24, 2.45) is 0 Å². The van der Waals surface area contributed by atoms with Gasteiger partial charge in [0.1, 0.15) is 12.1 Å². The van der Waals surface area contributed by atoms with Gasteiger partial charge in [-0.3, -0.25) is 0 Å². The van der Waals surface area contributed by atoms with Crippen LogP contribution in [0.5, 0.6) is 5.88 Å². The lowest BCUT2D eigenvalue weighted by Crippen LogP contribution is -2.09. The third kappa shape index (κ3) is 4.34. The van der Waals surface area contributed by atoms with Gasteiger partial charge in [-0.05, 0) is 12.8 Å². The van der Waals surface area contributed by atoms with Crippen molar-refractivity contribution in [1.82, 2.24) is 9.97 Å². The minimum Gasteiger partial charge on any atom is -0.481 e. The summed E-state index contributed by atoms with van der Waals surface area (Å²) in [7, 11) is 1.58. The van der Waals surface area contributed by atoms with E-state index in [0.717, 1.165) is 25.2 Å². The second-order valence-corrected chi connectivity index (χ2v) is 3.78. The number of anilines is 1. The van der Waals surface area contributed by atoms with Gasteiger partial charge in [0.25, 0.3) is 0 Å². The van der Waals surface area contributed by atoms with Gasteiger partial charge in [-0.15, -0.1) is 11.6 Å². The van der Waals surface area contributed by atoms with Crippen molar-refractivity contribution in [3.05, 3.63) is 12.4 Å². The molecule has 1 atom stereocenters. The Morgan fingerprint density at radius 3 is 3.00 bits per heavy atom. The summed E-state index contributed by atoms with van der Waals surface area (Å²) in [6.45, 7) is 2.88. The maximum absolute atomic E-state index is 5.99. The van der Waals surface area contributed by atoms with E-state index in [1.165, 1.54) is 6.33 Å². The molecular formula is C10H16ClN3O. The van der Waals surface area contributed by atoms with Crippen molar-refractivity contribution in [1.29, 1.82) is 0 Å². The zero-order chi connectivity index (χ0) is 11.1. The molecule has 0 aliphatic rings. The molecule has 1 heterocycles. The number of aromatic nitrogens is 2. The predicted molar refractivity (Wildman–Crippen MR) is 61.6 cm³/mol. The maximum Gasteiger partial charge on any atom is 0.218 e. The largest absolute Gasteiger partial charge is 0.481 e. The van der Waals surface area contributed by atoms with Crippen molar-refractivity contribution in [3.8, 4) is 5.88 Å². The summed E-state index contributed by atoms with van der Waals surface area (Å²) in [6, 6.07) is 1.76. The summed E-state index contributed by atoms with van der Waals surface area (Å²) >= 11 is 5.99. The first kappa shape index (κ1) is 12.0. The molecule has 0 saturated heterocycles. The fraction of sp³-hybridized carbons (Fsp3) is 0.600. The summed E-state index contributed by atoms with van der Waals surface area (Å²) in [5.74, 6) is 1.33. The van der Waals surface area contributed by atoms with Crippen LogP contribution >= 0.6 is 11.6 Å². The summed E-state index contributed by atoms with van der Waals surface area (Å²) in [4.78, 5) is 7.98. The topological polar surface area (TPSA) is 47.0 Å². The lowest BCUT2D eigenvalue weighted by atomic mass is 10.2. The van der Waals surface area contributed by atoms with E-state index >= 15 is 0 Å². The average Bonchev–Trinajstić information content (AvgIpc) is 2.29. The van der Waals surface area contributed by atoms with Crippen LogP contribution in [0, 0.1) is 0 Å². The van der Waals surface area contributed by atoms with Gasteiger partial charge in [-0.2, -0.15) is 0 Å². The third-order valence-electron chi connectivity index (χ3n) is 2.06. The van der Waals surface area contributed by atoms with Crippen LogP contribution in [0.15, 0.2) is 12.4 Å². The van der Waals surface area contributed by atoms with Crippen LogP contribution < -0.4 is 10.1 Å². The van der Waals surface area contributed by atoms with E-state index in [1.54, 1.807) is 13.2 Å². The summed E-state index contributed by atoms with van der Waals surface area (Å²) in [6.07, 6.45) is 3.37. The summed E-state index contributed by atoms with van der Waals surface area (Å²) < 4.78 is 4.99. The van der Waals surface area contributed by atoms with E-state index in [9.17, 15) is 0 Å². The van der Waals surface area contributed by atoms with Gasteiger partial charge >= 0.3 is 0 Å². The van der Waals surface area contributed by atoms with Crippen LogP contribution in [0.2, 0.25) is 0 Å². The second-order valence-electron chi connectivity index (χ2n) is 3.17. The predicted octanol–water partition coefficient (Wildman–Crippen LogP) is 2.30. The number of alkyl halides is 1. The highest BCUT2D eigenvalue weighted by Gasteiger charge is 2.01. The zero-order valence-corrected chi connectivity index (χ0v) is 9.79. The summed E-state index contributed by atoms with van der Waals surface area (Å²) in [5.41, 5.74) is 0. The fourth-order valence-electron chi connectivity index (χ4n) is 1.11. The molecule has 0 aliphatic carbocycles. The van der Waals surface area contributed by atoms with Crippen LogP contribution in [0.4, 0.5) is 5.82 Å². The van der Waals surface area contributed by atoms with Gasteiger partial charge in [-0.25, -0.2) is 9.97 Å². The molecule has 84 valence electrons. The number of nitrogens with one attached hydrogen (secondary N) is 1. The van der Waals surface area contributed by atoms with Crippen LogP contribution in [-0.2, 0) is 0 Å².